The molecule has 3 aromatic rings. The Labute approximate surface area is 194 Å². The highest BCUT2D eigenvalue weighted by Gasteiger charge is 2.34. The van der Waals surface area contributed by atoms with Gasteiger partial charge in [0.2, 0.25) is 5.88 Å². The summed E-state index contributed by atoms with van der Waals surface area (Å²) in [7, 11) is 1.57. The van der Waals surface area contributed by atoms with Crippen molar-refractivity contribution in [1.29, 1.82) is 0 Å². The Morgan fingerprint density at radius 3 is 2.48 bits per heavy atom. The van der Waals surface area contributed by atoms with Crippen LogP contribution in [0.25, 0.3) is 0 Å². The van der Waals surface area contributed by atoms with Crippen molar-refractivity contribution < 1.29 is 19.4 Å². The molecule has 0 unspecified atom stereocenters. The van der Waals surface area contributed by atoms with Crippen molar-refractivity contribution in [3.63, 3.8) is 0 Å². The maximum Gasteiger partial charge on any atom is 0.212 e. The molecular formula is C27H30N2O4. The number of hydrogen-bond donors (Lipinski definition) is 1. The molecule has 4 rings (SSSR count). The Morgan fingerprint density at radius 2 is 1.85 bits per heavy atom. The number of ether oxygens (including phenoxy) is 2. The number of Topliss-reactive ketones (excluding diaryl/α,β-unsaturated/α-hetero) is 1. The van der Waals surface area contributed by atoms with Crippen LogP contribution in [0.15, 0.2) is 66.9 Å². The molecule has 0 amide bonds. The summed E-state index contributed by atoms with van der Waals surface area (Å²) in [5, 5.41) is 11.1. The second kappa shape index (κ2) is 10.1. The second-order valence-electron chi connectivity index (χ2n) is 8.57. The van der Waals surface area contributed by atoms with Crippen LogP contribution < -0.4 is 9.47 Å². The zero-order chi connectivity index (χ0) is 23.3. The molecule has 6 nitrogen and oxygen atoms in total. The molecule has 1 fully saturated rings. The first-order valence-corrected chi connectivity index (χ1v) is 11.2. The van der Waals surface area contributed by atoms with Gasteiger partial charge in [-0.2, -0.15) is 0 Å². The van der Waals surface area contributed by atoms with E-state index in [2.05, 4.69) is 9.88 Å². The Hall–Kier alpha value is -3.22. The van der Waals surface area contributed by atoms with Crippen LogP contribution in [0.4, 0.5) is 0 Å². The third kappa shape index (κ3) is 5.59. The molecule has 0 radical (unpaired) electrons. The Balaban J connectivity index is 1.31. The topological polar surface area (TPSA) is 71.9 Å². The van der Waals surface area contributed by atoms with Crippen molar-refractivity contribution in [3.05, 3.63) is 89.1 Å². The maximum absolute atomic E-state index is 12.9. The molecule has 1 aromatic heterocycles. The van der Waals surface area contributed by atoms with Crippen LogP contribution in [0, 0.1) is 6.92 Å². The minimum absolute atomic E-state index is 0.0734. The van der Waals surface area contributed by atoms with E-state index in [1.165, 1.54) is 0 Å². The van der Waals surface area contributed by atoms with E-state index in [4.69, 9.17) is 9.47 Å². The van der Waals surface area contributed by atoms with E-state index in [1.54, 1.807) is 19.4 Å². The van der Waals surface area contributed by atoms with Crippen LogP contribution in [0.3, 0.4) is 0 Å². The predicted octanol–water partition coefficient (Wildman–Crippen LogP) is 4.14. The fourth-order valence-corrected chi connectivity index (χ4v) is 4.16. The van der Waals surface area contributed by atoms with Gasteiger partial charge in [-0.3, -0.25) is 9.69 Å². The number of nitrogens with zero attached hydrogens (tertiary/aromatic N) is 2. The molecule has 1 N–H and O–H groups in total. The number of likely N-dealkylation sites (tertiary alicyclic amines) is 1. The lowest BCUT2D eigenvalue weighted by Gasteiger charge is -2.38. The highest BCUT2D eigenvalue weighted by atomic mass is 16.5. The minimum atomic E-state index is -0.923. The van der Waals surface area contributed by atoms with E-state index >= 15 is 0 Å². The molecule has 1 aliphatic heterocycles. The first-order chi connectivity index (χ1) is 16.0. The van der Waals surface area contributed by atoms with Gasteiger partial charge in [0.05, 0.1) is 19.3 Å². The summed E-state index contributed by atoms with van der Waals surface area (Å²) >= 11 is 0. The molecule has 0 atom stereocenters. The zero-order valence-corrected chi connectivity index (χ0v) is 19.2. The van der Waals surface area contributed by atoms with Gasteiger partial charge in [-0.25, -0.2) is 4.98 Å². The molecule has 2 heterocycles. The lowest BCUT2D eigenvalue weighted by molar-refractivity contribution is -0.0248. The highest BCUT2D eigenvalue weighted by Crippen LogP contribution is 2.33. The molecule has 33 heavy (non-hydrogen) atoms. The van der Waals surface area contributed by atoms with Gasteiger partial charge in [0.25, 0.3) is 0 Å². The summed E-state index contributed by atoms with van der Waals surface area (Å²) in [4.78, 5) is 19.2. The highest BCUT2D eigenvalue weighted by molar-refractivity contribution is 5.98. The molecule has 172 valence electrons. The van der Waals surface area contributed by atoms with Gasteiger partial charge < -0.3 is 14.6 Å². The summed E-state index contributed by atoms with van der Waals surface area (Å²) in [5.41, 5.74) is 2.59. The maximum atomic E-state index is 12.9. The summed E-state index contributed by atoms with van der Waals surface area (Å²) in [6.07, 6.45) is 2.78. The normalized spacial score (nSPS) is 15.7. The monoisotopic (exact) mass is 446 g/mol. The summed E-state index contributed by atoms with van der Waals surface area (Å²) in [5.74, 6) is 1.38. The SMILES string of the molecule is COc1ccc(C2(O)CCN(CC(=O)c3ccc(OCc4ccccc4)c(C)c3)CC2)cn1. The summed E-state index contributed by atoms with van der Waals surface area (Å²) in [6.45, 7) is 4.08. The van der Waals surface area contributed by atoms with Gasteiger partial charge in [-0.05, 0) is 55.2 Å². The van der Waals surface area contributed by atoms with Gasteiger partial charge in [0.15, 0.2) is 5.78 Å². The molecule has 0 spiro atoms. The molecule has 0 aliphatic carbocycles. The van der Waals surface area contributed by atoms with Crippen molar-refractivity contribution in [2.24, 2.45) is 0 Å². The number of aromatic nitrogens is 1. The van der Waals surface area contributed by atoms with Crippen molar-refractivity contribution in [2.75, 3.05) is 26.7 Å². The molecule has 6 heteroatoms. The van der Waals surface area contributed by atoms with Crippen molar-refractivity contribution >= 4 is 5.78 Å². The van der Waals surface area contributed by atoms with Crippen LogP contribution in [0.1, 0.15) is 39.9 Å². The molecule has 2 aromatic carbocycles. The molecular weight excluding hydrogens is 416 g/mol. The van der Waals surface area contributed by atoms with E-state index in [0.717, 1.165) is 22.4 Å². The van der Waals surface area contributed by atoms with Gasteiger partial charge >= 0.3 is 0 Å². The van der Waals surface area contributed by atoms with Gasteiger partial charge in [0, 0.05) is 36.5 Å². The van der Waals surface area contributed by atoms with E-state index in [9.17, 15) is 9.90 Å². The van der Waals surface area contributed by atoms with Crippen LogP contribution in [-0.2, 0) is 12.2 Å². The Bertz CT molecular complexity index is 1080. The molecule has 1 saturated heterocycles. The van der Waals surface area contributed by atoms with Crippen molar-refractivity contribution in [1.82, 2.24) is 9.88 Å². The van der Waals surface area contributed by atoms with Crippen LogP contribution in [-0.4, -0.2) is 47.5 Å². The van der Waals surface area contributed by atoms with E-state index in [1.807, 2.05) is 61.5 Å². The first-order valence-electron chi connectivity index (χ1n) is 11.2. The van der Waals surface area contributed by atoms with Crippen molar-refractivity contribution in [2.45, 2.75) is 32.0 Å². The lowest BCUT2D eigenvalue weighted by atomic mass is 9.85. The number of aryl methyl sites for hydroxylation is 1. The number of pyridine rings is 1. The molecule has 0 saturated carbocycles. The number of benzene rings is 2. The standard InChI is InChI=1S/C27H30N2O4/c1-20-16-22(8-10-25(20)33-19-21-6-4-3-5-7-21)24(30)18-29-14-12-27(31,13-15-29)23-9-11-26(32-2)28-17-23/h3-11,16-17,31H,12-15,18-19H2,1-2H3. The average molecular weight is 447 g/mol. The van der Waals surface area contributed by atoms with E-state index < -0.39 is 5.60 Å². The third-order valence-electron chi connectivity index (χ3n) is 6.27. The van der Waals surface area contributed by atoms with Crippen molar-refractivity contribution in [3.8, 4) is 11.6 Å². The first kappa shape index (κ1) is 23.0. The van der Waals surface area contributed by atoms with E-state index in [-0.39, 0.29) is 5.78 Å². The molecule has 1 aliphatic rings. The Kier molecular flexibility index (Phi) is 7.06. The fraction of sp³-hybridized carbons (Fsp3) is 0.333. The smallest absolute Gasteiger partial charge is 0.212 e. The second-order valence-corrected chi connectivity index (χ2v) is 8.57. The van der Waals surface area contributed by atoms with Gasteiger partial charge in [-0.15, -0.1) is 0 Å². The number of hydrogen-bond acceptors (Lipinski definition) is 6. The average Bonchev–Trinajstić information content (AvgIpc) is 2.85. The third-order valence-corrected chi connectivity index (χ3v) is 6.27. The number of piperidine rings is 1. The Morgan fingerprint density at radius 1 is 1.09 bits per heavy atom. The number of ketones is 1. The summed E-state index contributed by atoms with van der Waals surface area (Å²) in [6, 6.07) is 19.2. The number of methoxy groups -OCH3 is 1. The summed E-state index contributed by atoms with van der Waals surface area (Å²) < 4.78 is 11.0. The van der Waals surface area contributed by atoms with Gasteiger partial charge in [-0.1, -0.05) is 30.3 Å². The van der Waals surface area contributed by atoms with Gasteiger partial charge in [0.1, 0.15) is 12.4 Å². The van der Waals surface area contributed by atoms with E-state index in [0.29, 0.717) is 50.5 Å². The number of carbonyl (C=O) groups excluding carboxylic acids is 1. The molecule has 0 bridgehead atoms. The van der Waals surface area contributed by atoms with Crippen LogP contribution in [0.2, 0.25) is 0 Å². The number of rotatable bonds is 8. The van der Waals surface area contributed by atoms with Crippen LogP contribution in [0.5, 0.6) is 11.6 Å². The van der Waals surface area contributed by atoms with Crippen LogP contribution >= 0.6 is 0 Å². The number of aliphatic hydroxyl groups is 1. The largest absolute Gasteiger partial charge is 0.489 e. The number of carbonyl (C=O) groups is 1. The quantitative estimate of drug-likeness (QED) is 0.525. The lowest BCUT2D eigenvalue weighted by Crippen LogP contribution is -2.44. The predicted molar refractivity (Wildman–Crippen MR) is 127 cm³/mol. The zero-order valence-electron chi connectivity index (χ0n) is 19.2. The minimum Gasteiger partial charge on any atom is -0.489 e. The fourth-order valence-electron chi connectivity index (χ4n) is 4.16.